The first-order valence-corrected chi connectivity index (χ1v) is 7.35. The highest BCUT2D eigenvalue weighted by molar-refractivity contribution is 5.42. The third-order valence-corrected chi connectivity index (χ3v) is 3.27. The van der Waals surface area contributed by atoms with E-state index in [0.717, 1.165) is 25.1 Å². The Balaban J connectivity index is 1.78. The zero-order valence-corrected chi connectivity index (χ0v) is 12.9. The number of benzene rings is 1. The fraction of sp³-hybridized carbons (Fsp3) is 0.500. The van der Waals surface area contributed by atoms with E-state index in [0.29, 0.717) is 17.6 Å². The van der Waals surface area contributed by atoms with Gasteiger partial charge in [0.15, 0.2) is 0 Å². The zero-order chi connectivity index (χ0) is 15.1. The Bertz CT molecular complexity index is 525. The third kappa shape index (κ3) is 4.56. The van der Waals surface area contributed by atoms with Gasteiger partial charge in [-0.3, -0.25) is 0 Å². The molecule has 0 saturated carbocycles. The van der Waals surface area contributed by atoms with Crippen molar-refractivity contribution in [1.29, 1.82) is 0 Å². The van der Waals surface area contributed by atoms with Gasteiger partial charge in [-0.1, -0.05) is 37.2 Å². The van der Waals surface area contributed by atoms with E-state index >= 15 is 0 Å². The molecule has 1 aromatic heterocycles. The van der Waals surface area contributed by atoms with Crippen LogP contribution in [0.4, 0.5) is 5.69 Å². The first-order valence-electron chi connectivity index (χ1n) is 7.35. The van der Waals surface area contributed by atoms with Gasteiger partial charge in [0.05, 0.1) is 0 Å². The summed E-state index contributed by atoms with van der Waals surface area (Å²) in [6, 6.07) is 10.1. The van der Waals surface area contributed by atoms with Crippen LogP contribution in [0.5, 0.6) is 0 Å². The molecule has 0 bridgehead atoms. The van der Waals surface area contributed by atoms with E-state index < -0.39 is 0 Å². The topological polar surface area (TPSA) is 60.2 Å². The lowest BCUT2D eigenvalue weighted by molar-refractivity contribution is 0.0555. The summed E-state index contributed by atoms with van der Waals surface area (Å²) in [4.78, 5) is 4.42. The minimum Gasteiger partial charge on any atom is -0.385 e. The fourth-order valence-corrected chi connectivity index (χ4v) is 2.19. The molecule has 0 spiro atoms. The molecule has 1 N–H and O–H groups in total. The molecule has 2 aromatic rings. The van der Waals surface area contributed by atoms with E-state index in [2.05, 4.69) is 41.4 Å². The zero-order valence-electron chi connectivity index (χ0n) is 12.9. The standard InChI is InChI=1S/C16H23N3O2/c1-12(2)15(20-3)16-18-14(21-19-16)10-7-11-17-13-8-5-4-6-9-13/h4-6,8-9,12,15,17H,7,10-11H2,1-3H3. The van der Waals surface area contributed by atoms with Gasteiger partial charge in [-0.2, -0.15) is 4.98 Å². The lowest BCUT2D eigenvalue weighted by Gasteiger charge is -2.14. The van der Waals surface area contributed by atoms with Gasteiger partial charge in [0.2, 0.25) is 11.7 Å². The van der Waals surface area contributed by atoms with Gasteiger partial charge in [0, 0.05) is 25.8 Å². The largest absolute Gasteiger partial charge is 0.385 e. The van der Waals surface area contributed by atoms with Crippen molar-refractivity contribution in [2.75, 3.05) is 19.0 Å². The van der Waals surface area contributed by atoms with Crippen LogP contribution < -0.4 is 5.32 Å². The van der Waals surface area contributed by atoms with Crippen LogP contribution >= 0.6 is 0 Å². The summed E-state index contributed by atoms with van der Waals surface area (Å²) in [5, 5.41) is 7.37. The Labute approximate surface area is 125 Å². The second-order valence-electron chi connectivity index (χ2n) is 5.34. The molecule has 2 rings (SSSR count). The van der Waals surface area contributed by atoms with Crippen molar-refractivity contribution >= 4 is 5.69 Å². The molecule has 0 aliphatic heterocycles. The van der Waals surface area contributed by atoms with Crippen LogP contribution in [0.25, 0.3) is 0 Å². The van der Waals surface area contributed by atoms with Crippen molar-refractivity contribution in [3.05, 3.63) is 42.0 Å². The number of nitrogens with zero attached hydrogens (tertiary/aromatic N) is 2. The molecule has 1 atom stereocenters. The third-order valence-electron chi connectivity index (χ3n) is 3.27. The van der Waals surface area contributed by atoms with Gasteiger partial charge in [-0.25, -0.2) is 0 Å². The number of para-hydroxylation sites is 1. The van der Waals surface area contributed by atoms with Crippen molar-refractivity contribution in [2.24, 2.45) is 5.92 Å². The van der Waals surface area contributed by atoms with Crippen LogP contribution in [-0.2, 0) is 11.2 Å². The SMILES string of the molecule is COC(c1noc(CCCNc2ccccc2)n1)C(C)C. The van der Waals surface area contributed by atoms with Gasteiger partial charge in [-0.15, -0.1) is 0 Å². The number of hydrogen-bond acceptors (Lipinski definition) is 5. The summed E-state index contributed by atoms with van der Waals surface area (Å²) in [5.41, 5.74) is 1.13. The molecule has 114 valence electrons. The molecule has 0 fully saturated rings. The number of ether oxygens (including phenoxy) is 1. The molecule has 0 aliphatic carbocycles. The monoisotopic (exact) mass is 289 g/mol. The summed E-state index contributed by atoms with van der Waals surface area (Å²) in [6.45, 7) is 5.03. The molecule has 0 aliphatic rings. The van der Waals surface area contributed by atoms with E-state index in [1.165, 1.54) is 0 Å². The van der Waals surface area contributed by atoms with Crippen LogP contribution in [0.2, 0.25) is 0 Å². The van der Waals surface area contributed by atoms with Gasteiger partial charge < -0.3 is 14.6 Å². The van der Waals surface area contributed by atoms with E-state index in [-0.39, 0.29) is 6.10 Å². The maximum atomic E-state index is 5.40. The molecule has 21 heavy (non-hydrogen) atoms. The summed E-state index contributed by atoms with van der Waals surface area (Å²) >= 11 is 0. The Hall–Kier alpha value is -1.88. The lowest BCUT2D eigenvalue weighted by atomic mass is 10.1. The Morgan fingerprint density at radius 2 is 2.00 bits per heavy atom. The highest BCUT2D eigenvalue weighted by Gasteiger charge is 2.20. The molecule has 1 unspecified atom stereocenters. The number of rotatable bonds is 8. The second kappa shape index (κ2) is 7.78. The summed E-state index contributed by atoms with van der Waals surface area (Å²) in [5.74, 6) is 1.63. The average molecular weight is 289 g/mol. The highest BCUT2D eigenvalue weighted by Crippen LogP contribution is 2.22. The van der Waals surface area contributed by atoms with Crippen molar-refractivity contribution in [3.8, 4) is 0 Å². The van der Waals surface area contributed by atoms with Crippen LogP contribution in [0.15, 0.2) is 34.9 Å². The predicted octanol–water partition coefficient (Wildman–Crippen LogP) is 3.46. The van der Waals surface area contributed by atoms with Crippen molar-refractivity contribution in [2.45, 2.75) is 32.8 Å². The fourth-order valence-electron chi connectivity index (χ4n) is 2.19. The van der Waals surface area contributed by atoms with Gasteiger partial charge in [0.25, 0.3) is 0 Å². The van der Waals surface area contributed by atoms with Crippen LogP contribution in [-0.4, -0.2) is 23.8 Å². The molecule has 0 radical (unpaired) electrons. The molecule has 0 saturated heterocycles. The van der Waals surface area contributed by atoms with E-state index in [4.69, 9.17) is 9.26 Å². The molecule has 1 heterocycles. The summed E-state index contributed by atoms with van der Waals surface area (Å²) in [6.07, 6.45) is 1.60. The van der Waals surface area contributed by atoms with E-state index in [1.807, 2.05) is 18.2 Å². The minimum absolute atomic E-state index is 0.107. The molecular formula is C16H23N3O2. The normalized spacial score (nSPS) is 12.6. The first kappa shape index (κ1) is 15.5. The van der Waals surface area contributed by atoms with Gasteiger partial charge in [0.1, 0.15) is 6.10 Å². The predicted molar refractivity (Wildman–Crippen MR) is 82.1 cm³/mol. The Morgan fingerprint density at radius 1 is 1.24 bits per heavy atom. The Kier molecular flexibility index (Phi) is 5.75. The average Bonchev–Trinajstić information content (AvgIpc) is 2.94. The van der Waals surface area contributed by atoms with Gasteiger partial charge in [-0.05, 0) is 24.5 Å². The second-order valence-corrected chi connectivity index (χ2v) is 5.34. The highest BCUT2D eigenvalue weighted by atomic mass is 16.5. The molecule has 5 heteroatoms. The number of aryl methyl sites for hydroxylation is 1. The van der Waals surface area contributed by atoms with E-state index in [1.54, 1.807) is 7.11 Å². The Morgan fingerprint density at radius 3 is 2.67 bits per heavy atom. The van der Waals surface area contributed by atoms with Crippen LogP contribution in [0.1, 0.15) is 38.1 Å². The summed E-state index contributed by atoms with van der Waals surface area (Å²) in [7, 11) is 1.67. The molecular weight excluding hydrogens is 266 g/mol. The van der Waals surface area contributed by atoms with Crippen molar-refractivity contribution < 1.29 is 9.26 Å². The van der Waals surface area contributed by atoms with Crippen molar-refractivity contribution in [1.82, 2.24) is 10.1 Å². The van der Waals surface area contributed by atoms with Crippen LogP contribution in [0.3, 0.4) is 0 Å². The quantitative estimate of drug-likeness (QED) is 0.754. The van der Waals surface area contributed by atoms with Gasteiger partial charge >= 0.3 is 0 Å². The number of anilines is 1. The van der Waals surface area contributed by atoms with E-state index in [9.17, 15) is 0 Å². The molecule has 0 amide bonds. The van der Waals surface area contributed by atoms with Crippen molar-refractivity contribution in [3.63, 3.8) is 0 Å². The molecule has 1 aromatic carbocycles. The summed E-state index contributed by atoms with van der Waals surface area (Å²) < 4.78 is 10.7. The number of nitrogens with one attached hydrogen (secondary N) is 1. The molecule has 5 nitrogen and oxygen atoms in total. The smallest absolute Gasteiger partial charge is 0.226 e. The van der Waals surface area contributed by atoms with Crippen LogP contribution in [0, 0.1) is 5.92 Å². The maximum absolute atomic E-state index is 5.40. The number of methoxy groups -OCH3 is 1. The minimum atomic E-state index is -0.107. The number of aromatic nitrogens is 2. The first-order chi connectivity index (χ1) is 10.2. The lowest BCUT2D eigenvalue weighted by Crippen LogP contribution is -2.10. The maximum Gasteiger partial charge on any atom is 0.226 e. The number of hydrogen-bond donors (Lipinski definition) is 1.